The van der Waals surface area contributed by atoms with E-state index in [2.05, 4.69) is 5.32 Å². The highest BCUT2D eigenvalue weighted by atomic mass is 35.5. The van der Waals surface area contributed by atoms with E-state index in [-0.39, 0.29) is 30.7 Å². The van der Waals surface area contributed by atoms with E-state index >= 15 is 0 Å². The van der Waals surface area contributed by atoms with E-state index in [0.29, 0.717) is 23.0 Å². The van der Waals surface area contributed by atoms with Crippen LogP contribution in [0.1, 0.15) is 50.1 Å². The summed E-state index contributed by atoms with van der Waals surface area (Å²) < 4.78 is 0. The fourth-order valence-corrected chi connectivity index (χ4v) is 5.57. The lowest BCUT2D eigenvalue weighted by atomic mass is 9.95. The van der Waals surface area contributed by atoms with Crippen LogP contribution in [-0.2, 0) is 24.1 Å². The number of hydrogen-bond donors (Lipinski definition) is 2. The number of thiophene rings is 1. The molecule has 1 fully saturated rings. The van der Waals surface area contributed by atoms with Gasteiger partial charge in [-0.15, -0.1) is 23.7 Å². The summed E-state index contributed by atoms with van der Waals surface area (Å²) in [6.07, 6.45) is 3.70. The number of ketones is 1. The maximum absolute atomic E-state index is 12.5. The van der Waals surface area contributed by atoms with Crippen LogP contribution in [0.4, 0.5) is 0 Å². The smallest absolute Gasteiger partial charge is 0.250 e. The first-order chi connectivity index (χ1) is 12.0. The largest absolute Gasteiger partial charge is 0.366 e. The van der Waals surface area contributed by atoms with Gasteiger partial charge in [-0.1, -0.05) is 23.7 Å². The van der Waals surface area contributed by atoms with Gasteiger partial charge in [0.1, 0.15) is 5.78 Å². The SMILES string of the molecule is Cl.NC(=O)c1c(CC(=O)Cc2ccc(Cl)cc2)sc2c1C1CC[C@H](C2)N1. The fourth-order valence-electron chi connectivity index (χ4n) is 3.96. The highest BCUT2D eigenvalue weighted by molar-refractivity contribution is 7.12. The van der Waals surface area contributed by atoms with Crippen LogP contribution >= 0.6 is 35.3 Å². The standard InChI is InChI=1S/C19H19ClN2O2S.ClH/c20-11-3-1-10(2-4-11)7-13(23)9-16-18(19(21)24)17-14-6-5-12(22-14)8-15(17)25-16;/h1-4,12,14,22H,5-9H2,(H2,21,24);1H/t12-,14?;/m1./s1. The van der Waals surface area contributed by atoms with Gasteiger partial charge in [0.05, 0.1) is 5.56 Å². The van der Waals surface area contributed by atoms with E-state index in [9.17, 15) is 9.59 Å². The normalized spacial score (nSPS) is 20.3. The third-order valence-electron chi connectivity index (χ3n) is 5.03. The summed E-state index contributed by atoms with van der Waals surface area (Å²) in [5.74, 6) is -0.333. The van der Waals surface area contributed by atoms with Crippen molar-refractivity contribution < 1.29 is 9.59 Å². The minimum Gasteiger partial charge on any atom is -0.366 e. The molecule has 2 aliphatic heterocycles. The van der Waals surface area contributed by atoms with Crippen LogP contribution in [0.2, 0.25) is 5.02 Å². The number of carbonyl (C=O) groups is 2. The zero-order chi connectivity index (χ0) is 17.6. The van der Waals surface area contributed by atoms with Crippen LogP contribution in [-0.4, -0.2) is 17.7 Å². The molecule has 3 heterocycles. The highest BCUT2D eigenvalue weighted by Crippen LogP contribution is 2.43. The van der Waals surface area contributed by atoms with E-state index in [1.165, 1.54) is 4.88 Å². The third kappa shape index (κ3) is 3.67. The Balaban J connectivity index is 0.00000196. The highest BCUT2D eigenvalue weighted by Gasteiger charge is 2.37. The molecule has 1 amide bonds. The Hall–Kier alpha value is -1.40. The number of rotatable bonds is 5. The van der Waals surface area contributed by atoms with Crippen molar-refractivity contribution in [2.45, 2.75) is 44.2 Å². The molecule has 26 heavy (non-hydrogen) atoms. The van der Waals surface area contributed by atoms with Gasteiger partial charge in [0.15, 0.2) is 0 Å². The molecular weight excluding hydrogens is 391 g/mol. The first-order valence-corrected chi connectivity index (χ1v) is 9.67. The minimum atomic E-state index is -0.418. The van der Waals surface area contributed by atoms with Crippen LogP contribution in [0.5, 0.6) is 0 Å². The van der Waals surface area contributed by atoms with Crippen LogP contribution in [0.25, 0.3) is 0 Å². The van der Waals surface area contributed by atoms with Gasteiger partial charge in [-0.2, -0.15) is 0 Å². The van der Waals surface area contributed by atoms with Crippen LogP contribution in [0, 0.1) is 0 Å². The number of nitrogens with one attached hydrogen (secondary N) is 1. The van der Waals surface area contributed by atoms with Crippen LogP contribution < -0.4 is 11.1 Å². The van der Waals surface area contributed by atoms with Gasteiger partial charge >= 0.3 is 0 Å². The van der Waals surface area contributed by atoms with Gasteiger partial charge in [0.25, 0.3) is 0 Å². The number of nitrogens with two attached hydrogens (primary N) is 1. The van der Waals surface area contributed by atoms with Crippen molar-refractivity contribution in [1.82, 2.24) is 5.32 Å². The Bertz CT molecular complexity index is 848. The summed E-state index contributed by atoms with van der Waals surface area (Å²) in [5.41, 5.74) is 8.24. The monoisotopic (exact) mass is 410 g/mol. The molecule has 2 aromatic rings. The maximum Gasteiger partial charge on any atom is 0.250 e. The van der Waals surface area contributed by atoms with Gasteiger partial charge in [-0.3, -0.25) is 9.59 Å². The summed E-state index contributed by atoms with van der Waals surface area (Å²) in [7, 11) is 0. The molecule has 2 atom stereocenters. The number of hydrogen-bond acceptors (Lipinski definition) is 4. The third-order valence-corrected chi connectivity index (χ3v) is 6.51. The minimum absolute atomic E-state index is 0. The zero-order valence-electron chi connectivity index (χ0n) is 14.1. The van der Waals surface area contributed by atoms with Crippen molar-refractivity contribution >= 4 is 47.0 Å². The fraction of sp³-hybridized carbons (Fsp3) is 0.368. The molecule has 1 unspecified atom stereocenters. The molecule has 1 aromatic heterocycles. The molecule has 1 aromatic carbocycles. The van der Waals surface area contributed by atoms with Crippen LogP contribution in [0.15, 0.2) is 24.3 Å². The topological polar surface area (TPSA) is 72.2 Å². The van der Waals surface area contributed by atoms with Gasteiger partial charge < -0.3 is 11.1 Å². The summed E-state index contributed by atoms with van der Waals surface area (Å²) in [5, 5.41) is 4.21. The zero-order valence-corrected chi connectivity index (χ0v) is 16.5. The summed E-state index contributed by atoms with van der Waals surface area (Å²) >= 11 is 7.48. The Labute approximate surface area is 167 Å². The summed E-state index contributed by atoms with van der Waals surface area (Å²) in [4.78, 5) is 26.7. The number of benzene rings is 1. The van der Waals surface area contributed by atoms with E-state index in [0.717, 1.165) is 35.3 Å². The van der Waals surface area contributed by atoms with Gasteiger partial charge in [-0.25, -0.2) is 0 Å². The van der Waals surface area contributed by atoms with Crippen molar-refractivity contribution in [3.05, 3.63) is 55.7 Å². The average Bonchev–Trinajstić information content (AvgIpc) is 3.11. The number of primary amides is 1. The lowest BCUT2D eigenvalue weighted by molar-refractivity contribution is -0.117. The molecular formula is C19H20Cl2N2O2S. The Morgan fingerprint density at radius 3 is 2.62 bits per heavy atom. The molecule has 2 bridgehead atoms. The van der Waals surface area contributed by atoms with Crippen LogP contribution in [0.3, 0.4) is 0 Å². The molecule has 4 nitrogen and oxygen atoms in total. The van der Waals surface area contributed by atoms with E-state index in [1.54, 1.807) is 23.5 Å². The number of amides is 1. The molecule has 4 rings (SSSR count). The lowest BCUT2D eigenvalue weighted by Crippen LogP contribution is -2.32. The summed E-state index contributed by atoms with van der Waals surface area (Å²) in [6, 6.07) is 7.99. The van der Waals surface area contributed by atoms with Crippen molar-refractivity contribution in [2.24, 2.45) is 5.73 Å². The molecule has 0 saturated carbocycles. The first-order valence-electron chi connectivity index (χ1n) is 8.47. The quantitative estimate of drug-likeness (QED) is 0.790. The van der Waals surface area contributed by atoms with Crippen molar-refractivity contribution in [1.29, 1.82) is 0 Å². The number of Topliss-reactive ketones (excluding diaryl/α,β-unsaturated/α-hetero) is 1. The van der Waals surface area contributed by atoms with Crippen molar-refractivity contribution in [3.8, 4) is 0 Å². The Morgan fingerprint density at radius 1 is 1.19 bits per heavy atom. The molecule has 1 saturated heterocycles. The van der Waals surface area contributed by atoms with Crippen molar-refractivity contribution in [3.63, 3.8) is 0 Å². The number of carbonyl (C=O) groups excluding carboxylic acids is 2. The maximum atomic E-state index is 12.5. The van der Waals surface area contributed by atoms with E-state index in [1.807, 2.05) is 12.1 Å². The molecule has 0 aliphatic carbocycles. The first kappa shape index (κ1) is 19.4. The van der Waals surface area contributed by atoms with Gasteiger partial charge in [0, 0.05) is 39.7 Å². The van der Waals surface area contributed by atoms with Gasteiger partial charge in [-0.05, 0) is 42.5 Å². The molecule has 0 spiro atoms. The second-order valence-corrected chi connectivity index (χ2v) is 8.44. The lowest BCUT2D eigenvalue weighted by Gasteiger charge is -2.22. The Morgan fingerprint density at radius 2 is 1.92 bits per heavy atom. The second-order valence-electron chi connectivity index (χ2n) is 6.82. The molecule has 7 heteroatoms. The number of halogens is 2. The number of fused-ring (bicyclic) bond motifs is 4. The van der Waals surface area contributed by atoms with Gasteiger partial charge in [0.2, 0.25) is 5.91 Å². The second kappa shape index (κ2) is 7.69. The Kier molecular flexibility index (Phi) is 5.72. The molecule has 2 aliphatic rings. The van der Waals surface area contributed by atoms with Crippen molar-refractivity contribution in [2.75, 3.05) is 0 Å². The predicted octanol–water partition coefficient (Wildman–Crippen LogP) is 3.63. The molecule has 3 N–H and O–H groups in total. The van der Waals surface area contributed by atoms with E-state index < -0.39 is 5.91 Å². The van der Waals surface area contributed by atoms with E-state index in [4.69, 9.17) is 17.3 Å². The average molecular weight is 411 g/mol. The summed E-state index contributed by atoms with van der Waals surface area (Å²) in [6.45, 7) is 0. The predicted molar refractivity (Wildman–Crippen MR) is 107 cm³/mol. The molecule has 0 radical (unpaired) electrons. The molecule has 138 valence electrons.